The standard InChI is InChI=1S/C21H35NO2/c1-2-3-4-5-6-7-8-9-13-16-21(24)22-20(18-23)17-19-14-11-10-12-15-19/h10-12,14-15,20,23H,2-9,13,16-18H2,1H3,(H,22,24). The van der Waals surface area contributed by atoms with E-state index in [0.717, 1.165) is 18.4 Å². The number of benzene rings is 1. The predicted octanol–water partition coefficient (Wildman–Crippen LogP) is 4.63. The first-order valence-electron chi connectivity index (χ1n) is 9.70. The van der Waals surface area contributed by atoms with Crippen LogP contribution in [0.15, 0.2) is 30.3 Å². The molecule has 136 valence electrons. The van der Waals surface area contributed by atoms with Gasteiger partial charge in [-0.3, -0.25) is 4.79 Å². The number of nitrogens with one attached hydrogen (secondary N) is 1. The molecule has 2 N–H and O–H groups in total. The van der Waals surface area contributed by atoms with E-state index in [0.29, 0.717) is 12.8 Å². The molecule has 0 radical (unpaired) electrons. The average molecular weight is 334 g/mol. The maximum Gasteiger partial charge on any atom is 0.220 e. The van der Waals surface area contributed by atoms with Crippen LogP contribution in [0.2, 0.25) is 0 Å². The van der Waals surface area contributed by atoms with Crippen LogP contribution in [0.4, 0.5) is 0 Å². The monoisotopic (exact) mass is 333 g/mol. The zero-order chi connectivity index (χ0) is 17.5. The maximum absolute atomic E-state index is 12.0. The zero-order valence-corrected chi connectivity index (χ0v) is 15.3. The highest BCUT2D eigenvalue weighted by Gasteiger charge is 2.11. The van der Waals surface area contributed by atoms with Crippen molar-refractivity contribution in [3.8, 4) is 0 Å². The first kappa shape index (κ1) is 20.7. The van der Waals surface area contributed by atoms with E-state index in [1.165, 1.54) is 44.9 Å². The summed E-state index contributed by atoms with van der Waals surface area (Å²) in [7, 11) is 0. The molecule has 0 aliphatic rings. The molecular weight excluding hydrogens is 298 g/mol. The minimum Gasteiger partial charge on any atom is -0.394 e. The molecule has 3 nitrogen and oxygen atoms in total. The molecule has 0 saturated carbocycles. The molecule has 1 aromatic rings. The maximum atomic E-state index is 12.0. The average Bonchev–Trinajstić information content (AvgIpc) is 2.60. The first-order chi connectivity index (χ1) is 11.8. The van der Waals surface area contributed by atoms with Crippen LogP contribution in [0.25, 0.3) is 0 Å². The smallest absolute Gasteiger partial charge is 0.220 e. The van der Waals surface area contributed by atoms with E-state index in [-0.39, 0.29) is 18.6 Å². The molecule has 1 amide bonds. The number of amides is 1. The van der Waals surface area contributed by atoms with Crippen LogP contribution in [0.5, 0.6) is 0 Å². The lowest BCUT2D eigenvalue weighted by Crippen LogP contribution is -2.38. The molecule has 24 heavy (non-hydrogen) atoms. The Morgan fingerprint density at radius 3 is 2.12 bits per heavy atom. The molecule has 1 aromatic carbocycles. The lowest BCUT2D eigenvalue weighted by molar-refractivity contribution is -0.122. The summed E-state index contributed by atoms with van der Waals surface area (Å²) >= 11 is 0. The quantitative estimate of drug-likeness (QED) is 0.488. The van der Waals surface area contributed by atoms with E-state index >= 15 is 0 Å². The third-order valence-corrected chi connectivity index (χ3v) is 4.42. The second-order valence-corrected chi connectivity index (χ2v) is 6.72. The fraction of sp³-hybridized carbons (Fsp3) is 0.667. The summed E-state index contributed by atoms with van der Waals surface area (Å²) in [6.07, 6.45) is 12.6. The third kappa shape index (κ3) is 10.4. The van der Waals surface area contributed by atoms with Crippen LogP contribution in [-0.4, -0.2) is 23.7 Å². The molecule has 0 fully saturated rings. The molecule has 0 aliphatic carbocycles. The Hall–Kier alpha value is -1.35. The van der Waals surface area contributed by atoms with Gasteiger partial charge in [0.15, 0.2) is 0 Å². The van der Waals surface area contributed by atoms with Gasteiger partial charge in [0.25, 0.3) is 0 Å². The lowest BCUT2D eigenvalue weighted by Gasteiger charge is -2.16. The van der Waals surface area contributed by atoms with Crippen molar-refractivity contribution in [3.63, 3.8) is 0 Å². The van der Waals surface area contributed by atoms with Crippen molar-refractivity contribution < 1.29 is 9.90 Å². The summed E-state index contributed by atoms with van der Waals surface area (Å²) in [6, 6.07) is 9.80. The number of hydrogen-bond donors (Lipinski definition) is 2. The highest BCUT2D eigenvalue weighted by molar-refractivity contribution is 5.76. The van der Waals surface area contributed by atoms with Gasteiger partial charge in [-0.1, -0.05) is 88.6 Å². The Bertz CT molecular complexity index is 419. The third-order valence-electron chi connectivity index (χ3n) is 4.42. The molecule has 0 saturated heterocycles. The molecule has 3 heteroatoms. The first-order valence-corrected chi connectivity index (χ1v) is 9.70. The Morgan fingerprint density at radius 1 is 0.958 bits per heavy atom. The van der Waals surface area contributed by atoms with Crippen molar-refractivity contribution in [3.05, 3.63) is 35.9 Å². The Labute approximate surface area is 147 Å². The van der Waals surface area contributed by atoms with E-state index in [1.807, 2.05) is 30.3 Å². The highest BCUT2D eigenvalue weighted by atomic mass is 16.3. The topological polar surface area (TPSA) is 49.3 Å². The molecule has 0 aromatic heterocycles. The van der Waals surface area contributed by atoms with Gasteiger partial charge >= 0.3 is 0 Å². The lowest BCUT2D eigenvalue weighted by atomic mass is 10.1. The van der Waals surface area contributed by atoms with Gasteiger partial charge in [0.2, 0.25) is 5.91 Å². The van der Waals surface area contributed by atoms with Crippen molar-refractivity contribution in [2.75, 3.05) is 6.61 Å². The minimum atomic E-state index is -0.182. The van der Waals surface area contributed by atoms with Gasteiger partial charge in [-0.2, -0.15) is 0 Å². The molecule has 0 aliphatic heterocycles. The summed E-state index contributed by atoms with van der Waals surface area (Å²) in [4.78, 5) is 12.0. The van der Waals surface area contributed by atoms with Crippen molar-refractivity contribution in [2.24, 2.45) is 0 Å². The van der Waals surface area contributed by atoms with Crippen LogP contribution >= 0.6 is 0 Å². The Morgan fingerprint density at radius 2 is 1.54 bits per heavy atom. The summed E-state index contributed by atoms with van der Waals surface area (Å²) in [5.74, 6) is 0.0629. The highest BCUT2D eigenvalue weighted by Crippen LogP contribution is 2.10. The van der Waals surface area contributed by atoms with Gasteiger partial charge in [-0.25, -0.2) is 0 Å². The summed E-state index contributed by atoms with van der Waals surface area (Å²) in [6.45, 7) is 2.23. The van der Waals surface area contributed by atoms with Gasteiger partial charge in [0.05, 0.1) is 12.6 Å². The van der Waals surface area contributed by atoms with Gasteiger partial charge in [0, 0.05) is 6.42 Å². The van der Waals surface area contributed by atoms with E-state index in [1.54, 1.807) is 0 Å². The number of aliphatic hydroxyl groups is 1. The molecule has 1 rings (SSSR count). The molecule has 0 heterocycles. The summed E-state index contributed by atoms with van der Waals surface area (Å²) in [5, 5.41) is 12.4. The second-order valence-electron chi connectivity index (χ2n) is 6.72. The SMILES string of the molecule is CCCCCCCCCCCC(=O)NC(CO)Cc1ccccc1. The fourth-order valence-electron chi connectivity index (χ4n) is 2.96. The van der Waals surface area contributed by atoms with Crippen LogP contribution in [0, 0.1) is 0 Å². The van der Waals surface area contributed by atoms with Gasteiger partial charge in [-0.15, -0.1) is 0 Å². The largest absolute Gasteiger partial charge is 0.394 e. The number of rotatable bonds is 14. The summed E-state index contributed by atoms with van der Waals surface area (Å²) < 4.78 is 0. The Balaban J connectivity index is 2.05. The number of unbranched alkanes of at least 4 members (excludes halogenated alkanes) is 8. The minimum absolute atomic E-state index is 0.0155. The molecule has 0 spiro atoms. The zero-order valence-electron chi connectivity index (χ0n) is 15.3. The van der Waals surface area contributed by atoms with Gasteiger partial charge in [-0.05, 0) is 18.4 Å². The van der Waals surface area contributed by atoms with Crippen LogP contribution in [0.3, 0.4) is 0 Å². The van der Waals surface area contributed by atoms with Crippen LogP contribution in [-0.2, 0) is 11.2 Å². The van der Waals surface area contributed by atoms with Crippen molar-refractivity contribution in [1.82, 2.24) is 5.32 Å². The Kier molecular flexibility index (Phi) is 12.1. The van der Waals surface area contributed by atoms with Crippen molar-refractivity contribution in [1.29, 1.82) is 0 Å². The molecule has 0 bridgehead atoms. The normalized spacial score (nSPS) is 12.1. The molecule has 1 unspecified atom stereocenters. The van der Waals surface area contributed by atoms with E-state index in [9.17, 15) is 9.90 Å². The van der Waals surface area contributed by atoms with E-state index in [4.69, 9.17) is 0 Å². The second kappa shape index (κ2) is 14.0. The number of carbonyl (C=O) groups excluding carboxylic acids is 1. The fourth-order valence-corrected chi connectivity index (χ4v) is 2.96. The van der Waals surface area contributed by atoms with Gasteiger partial charge < -0.3 is 10.4 Å². The van der Waals surface area contributed by atoms with Crippen molar-refractivity contribution >= 4 is 5.91 Å². The van der Waals surface area contributed by atoms with E-state index < -0.39 is 0 Å². The van der Waals surface area contributed by atoms with Crippen LogP contribution < -0.4 is 5.32 Å². The van der Waals surface area contributed by atoms with Crippen LogP contribution in [0.1, 0.15) is 76.7 Å². The number of hydrogen-bond acceptors (Lipinski definition) is 2. The molecular formula is C21H35NO2. The van der Waals surface area contributed by atoms with Crippen molar-refractivity contribution in [2.45, 2.75) is 83.6 Å². The number of carbonyl (C=O) groups is 1. The van der Waals surface area contributed by atoms with Gasteiger partial charge in [0.1, 0.15) is 0 Å². The number of aliphatic hydroxyl groups excluding tert-OH is 1. The predicted molar refractivity (Wildman–Crippen MR) is 101 cm³/mol. The van der Waals surface area contributed by atoms with E-state index in [2.05, 4.69) is 12.2 Å². The molecule has 1 atom stereocenters. The summed E-state index contributed by atoms with van der Waals surface area (Å²) in [5.41, 5.74) is 1.14.